The monoisotopic (exact) mass is 322 g/mol. The Balaban J connectivity index is 1.80. The van der Waals surface area contributed by atoms with E-state index in [4.69, 9.17) is 4.42 Å². The molecule has 2 aromatic heterocycles. The highest BCUT2D eigenvalue weighted by Crippen LogP contribution is 2.31. The lowest BCUT2D eigenvalue weighted by Crippen LogP contribution is -1.92. The summed E-state index contributed by atoms with van der Waals surface area (Å²) in [6.07, 6.45) is 4.81. The van der Waals surface area contributed by atoms with Gasteiger partial charge in [0, 0.05) is 18.5 Å². The molecule has 0 amide bonds. The summed E-state index contributed by atoms with van der Waals surface area (Å²) in [4.78, 5) is 14.7. The Morgan fingerprint density at radius 1 is 1.21 bits per heavy atom. The molecule has 24 heavy (non-hydrogen) atoms. The second kappa shape index (κ2) is 6.74. The van der Waals surface area contributed by atoms with Crippen molar-refractivity contribution >= 4 is 17.6 Å². The van der Waals surface area contributed by atoms with Gasteiger partial charge in [0.25, 0.3) is 5.69 Å². The van der Waals surface area contributed by atoms with Gasteiger partial charge in [-0.2, -0.15) is 5.10 Å². The zero-order chi connectivity index (χ0) is 16.9. The van der Waals surface area contributed by atoms with Gasteiger partial charge in [0.2, 0.25) is 0 Å². The van der Waals surface area contributed by atoms with Crippen LogP contribution in [0.3, 0.4) is 0 Å². The maximum atomic E-state index is 11.2. The van der Waals surface area contributed by atoms with Crippen LogP contribution in [0.2, 0.25) is 0 Å². The highest BCUT2D eigenvalue weighted by molar-refractivity contribution is 5.79. The Morgan fingerprint density at radius 2 is 2.00 bits per heavy atom. The maximum absolute atomic E-state index is 11.2. The van der Waals surface area contributed by atoms with Crippen molar-refractivity contribution in [3.63, 3.8) is 0 Å². The number of nitrogens with one attached hydrogen (secondary N) is 1. The van der Waals surface area contributed by atoms with Crippen LogP contribution in [0, 0.1) is 17.0 Å². The quantitative estimate of drug-likeness (QED) is 0.435. The van der Waals surface area contributed by atoms with Gasteiger partial charge < -0.3 is 4.42 Å². The lowest BCUT2D eigenvalue weighted by atomic mass is 10.1. The van der Waals surface area contributed by atoms with Crippen molar-refractivity contribution in [1.82, 2.24) is 4.98 Å². The molecule has 0 aliphatic heterocycles. The predicted molar refractivity (Wildman–Crippen MR) is 91.0 cm³/mol. The van der Waals surface area contributed by atoms with Crippen LogP contribution in [0.25, 0.3) is 11.3 Å². The zero-order valence-corrected chi connectivity index (χ0v) is 12.8. The number of rotatable bonds is 5. The second-order valence-corrected chi connectivity index (χ2v) is 5.09. The Morgan fingerprint density at radius 3 is 2.75 bits per heavy atom. The third-order valence-electron chi connectivity index (χ3n) is 3.31. The largest absolute Gasteiger partial charge is 0.455 e. The van der Waals surface area contributed by atoms with Crippen LogP contribution in [0.15, 0.2) is 64.4 Å². The highest BCUT2D eigenvalue weighted by Gasteiger charge is 2.17. The van der Waals surface area contributed by atoms with E-state index in [-0.39, 0.29) is 5.69 Å². The van der Waals surface area contributed by atoms with Crippen molar-refractivity contribution in [2.24, 2.45) is 5.10 Å². The zero-order valence-electron chi connectivity index (χ0n) is 12.8. The topological polar surface area (TPSA) is 93.6 Å². The van der Waals surface area contributed by atoms with Crippen molar-refractivity contribution in [3.05, 3.63) is 76.3 Å². The molecule has 2 heterocycles. The van der Waals surface area contributed by atoms with Gasteiger partial charge in [-0.05, 0) is 42.8 Å². The lowest BCUT2D eigenvalue weighted by Gasteiger charge is -2.01. The van der Waals surface area contributed by atoms with Crippen LogP contribution in [-0.4, -0.2) is 16.1 Å². The molecular weight excluding hydrogens is 308 g/mol. The van der Waals surface area contributed by atoms with Crippen molar-refractivity contribution in [2.45, 2.75) is 6.92 Å². The van der Waals surface area contributed by atoms with Crippen molar-refractivity contribution in [3.8, 4) is 11.3 Å². The average molecular weight is 322 g/mol. The molecule has 0 unspecified atom stereocenters. The summed E-state index contributed by atoms with van der Waals surface area (Å²) in [7, 11) is 0. The second-order valence-electron chi connectivity index (χ2n) is 5.09. The first-order valence-electron chi connectivity index (χ1n) is 7.18. The molecule has 120 valence electrons. The van der Waals surface area contributed by atoms with Gasteiger partial charge in [-0.25, -0.2) is 0 Å². The number of pyridine rings is 1. The number of hydrogen-bond acceptors (Lipinski definition) is 6. The lowest BCUT2D eigenvalue weighted by molar-refractivity contribution is -0.384. The van der Waals surface area contributed by atoms with Gasteiger partial charge in [-0.1, -0.05) is 6.07 Å². The Hall–Kier alpha value is -3.48. The summed E-state index contributed by atoms with van der Waals surface area (Å²) < 4.78 is 5.63. The smallest absolute Gasteiger partial charge is 0.280 e. The van der Waals surface area contributed by atoms with E-state index in [2.05, 4.69) is 15.5 Å². The van der Waals surface area contributed by atoms with Crippen LogP contribution >= 0.6 is 0 Å². The fraction of sp³-hybridized carbons (Fsp3) is 0.0588. The molecule has 0 radical (unpaired) electrons. The van der Waals surface area contributed by atoms with Crippen LogP contribution in [-0.2, 0) is 0 Å². The molecule has 0 bridgehead atoms. The Bertz CT molecular complexity index is 888. The predicted octanol–water partition coefficient (Wildman–Crippen LogP) is 4.00. The van der Waals surface area contributed by atoms with Crippen molar-refractivity contribution in [1.29, 1.82) is 0 Å². The summed E-state index contributed by atoms with van der Waals surface area (Å²) in [5, 5.41) is 15.3. The summed E-state index contributed by atoms with van der Waals surface area (Å²) >= 11 is 0. The molecule has 0 fully saturated rings. The van der Waals surface area contributed by atoms with Gasteiger partial charge in [0.05, 0.1) is 22.4 Å². The number of nitrogens with zero attached hydrogens (tertiary/aromatic N) is 3. The first-order valence-corrected chi connectivity index (χ1v) is 7.18. The Labute approximate surface area is 137 Å². The van der Waals surface area contributed by atoms with Crippen LogP contribution < -0.4 is 5.43 Å². The van der Waals surface area contributed by atoms with Crippen LogP contribution in [0.5, 0.6) is 0 Å². The molecule has 0 saturated heterocycles. The van der Waals surface area contributed by atoms with E-state index in [9.17, 15) is 10.1 Å². The number of nitro groups is 1. The van der Waals surface area contributed by atoms with Crippen LogP contribution in [0.1, 0.15) is 11.3 Å². The number of nitro benzene ring substituents is 1. The minimum atomic E-state index is -0.413. The van der Waals surface area contributed by atoms with Crippen LogP contribution in [0.4, 0.5) is 11.4 Å². The van der Waals surface area contributed by atoms with E-state index in [1.165, 1.54) is 12.3 Å². The number of hydrogen-bond donors (Lipinski definition) is 1. The van der Waals surface area contributed by atoms with E-state index in [0.29, 0.717) is 17.1 Å². The minimum absolute atomic E-state index is 0.0164. The molecule has 0 aliphatic rings. The maximum Gasteiger partial charge on any atom is 0.280 e. The van der Waals surface area contributed by atoms with E-state index in [1.54, 1.807) is 42.7 Å². The molecule has 1 N–H and O–H groups in total. The average Bonchev–Trinajstić information content (AvgIpc) is 3.04. The summed E-state index contributed by atoms with van der Waals surface area (Å²) in [5.74, 6) is 0.911. The summed E-state index contributed by atoms with van der Waals surface area (Å²) in [6.45, 7) is 1.81. The number of furan rings is 1. The number of aryl methyl sites for hydroxylation is 1. The molecular formula is C17H14N4O3. The molecule has 7 nitrogen and oxygen atoms in total. The molecule has 0 spiro atoms. The fourth-order valence-electron chi connectivity index (χ4n) is 2.16. The molecule has 0 aliphatic carbocycles. The number of anilines is 1. The summed E-state index contributed by atoms with van der Waals surface area (Å²) in [6, 6.07) is 12.0. The van der Waals surface area contributed by atoms with Gasteiger partial charge in [0.15, 0.2) is 0 Å². The number of aromatic nitrogens is 1. The molecule has 0 saturated carbocycles. The van der Waals surface area contributed by atoms with E-state index >= 15 is 0 Å². The number of benzene rings is 1. The molecule has 3 aromatic rings. The van der Waals surface area contributed by atoms with Gasteiger partial charge in [0.1, 0.15) is 11.5 Å². The minimum Gasteiger partial charge on any atom is -0.455 e. The first kappa shape index (κ1) is 15.4. The normalized spacial score (nSPS) is 10.9. The standard InChI is InChI=1S/C17H14N4O3/c1-12-2-4-15(16(10-12)21(22)23)17-5-3-14(24-17)11-19-20-13-6-8-18-9-7-13/h2-11H,1H3,(H,18,20)/b19-11+. The number of hydrazone groups is 1. The van der Waals surface area contributed by atoms with E-state index < -0.39 is 4.92 Å². The third-order valence-corrected chi connectivity index (χ3v) is 3.31. The highest BCUT2D eigenvalue weighted by atomic mass is 16.6. The van der Waals surface area contributed by atoms with Crippen molar-refractivity contribution < 1.29 is 9.34 Å². The molecule has 7 heteroatoms. The summed E-state index contributed by atoms with van der Waals surface area (Å²) in [5.41, 5.74) is 4.91. The van der Waals surface area contributed by atoms with Gasteiger partial charge >= 0.3 is 0 Å². The van der Waals surface area contributed by atoms with E-state index in [0.717, 1.165) is 11.3 Å². The molecule has 0 atom stereocenters. The van der Waals surface area contributed by atoms with Crippen molar-refractivity contribution in [2.75, 3.05) is 5.43 Å². The third kappa shape index (κ3) is 3.46. The fourth-order valence-corrected chi connectivity index (χ4v) is 2.16. The van der Waals surface area contributed by atoms with Gasteiger partial charge in [-0.3, -0.25) is 20.5 Å². The van der Waals surface area contributed by atoms with E-state index in [1.807, 2.05) is 13.0 Å². The Kier molecular flexibility index (Phi) is 4.33. The van der Waals surface area contributed by atoms with Gasteiger partial charge in [-0.15, -0.1) is 0 Å². The molecule has 1 aromatic carbocycles. The first-order chi connectivity index (χ1) is 11.6. The SMILES string of the molecule is Cc1ccc(-c2ccc(/C=N/Nc3ccncc3)o2)c([N+](=O)[O-])c1. The molecule has 3 rings (SSSR count).